The summed E-state index contributed by atoms with van der Waals surface area (Å²) in [5.74, 6) is 0.0262. The average molecular weight is 158 g/mol. The lowest BCUT2D eigenvalue weighted by atomic mass is 10.4. The van der Waals surface area contributed by atoms with Crippen LogP contribution in [0.25, 0.3) is 0 Å². The number of hydrogen-bond acceptors (Lipinski definition) is 2. The number of hydrogen-bond donors (Lipinski definition) is 0. The van der Waals surface area contributed by atoms with Crippen LogP contribution in [0.4, 0.5) is 0 Å². The summed E-state index contributed by atoms with van der Waals surface area (Å²) in [6, 6.07) is 0. The number of ketones is 1. The van der Waals surface area contributed by atoms with E-state index in [2.05, 4.69) is 19.6 Å². The van der Waals surface area contributed by atoms with E-state index in [0.29, 0.717) is 0 Å². The Morgan fingerprint density at radius 2 is 1.90 bits per heavy atom. The topological polar surface area (TPSA) is 26.3 Å². The van der Waals surface area contributed by atoms with E-state index in [9.17, 15) is 4.79 Å². The predicted octanol–water partition coefficient (Wildman–Crippen LogP) is 1.94. The highest BCUT2D eigenvalue weighted by Gasteiger charge is 2.12. The van der Waals surface area contributed by atoms with Crippen LogP contribution in [0.1, 0.15) is 6.92 Å². The molecule has 0 atom stereocenters. The fourth-order valence-electron chi connectivity index (χ4n) is 0.334. The third-order valence-corrected chi connectivity index (χ3v) is 1.57. The third-order valence-electron chi connectivity index (χ3n) is 0.724. The maximum atomic E-state index is 10.4. The van der Waals surface area contributed by atoms with Gasteiger partial charge in [0.25, 0.3) is 0 Å². The second kappa shape index (κ2) is 3.56. The van der Waals surface area contributed by atoms with Crippen molar-refractivity contribution in [2.45, 2.75) is 26.6 Å². The molecule has 2 nitrogen and oxygen atoms in total. The Bertz CT molecular complexity index is 144. The van der Waals surface area contributed by atoms with Crippen molar-refractivity contribution in [2.75, 3.05) is 0 Å². The molecule has 0 spiro atoms. The second-order valence-corrected chi connectivity index (χ2v) is 7.60. The average Bonchev–Trinajstić information content (AvgIpc) is 1.59. The molecule has 0 fully saturated rings. The number of carbonyl (C=O) groups excluding carboxylic acids is 1. The fourth-order valence-corrected chi connectivity index (χ4v) is 0.810. The summed E-state index contributed by atoms with van der Waals surface area (Å²) in [6.45, 7) is 7.70. The predicted molar refractivity (Wildman–Crippen MR) is 44.3 cm³/mol. The monoisotopic (exact) mass is 158 g/mol. The van der Waals surface area contributed by atoms with E-state index < -0.39 is 8.32 Å². The van der Waals surface area contributed by atoms with Gasteiger partial charge in [0, 0.05) is 6.08 Å². The Balaban J connectivity index is 3.64. The number of allylic oxidation sites excluding steroid dienone is 1. The highest BCUT2D eigenvalue weighted by atomic mass is 28.4. The summed E-state index contributed by atoms with van der Waals surface area (Å²) in [5, 5.41) is 0. The molecule has 0 aromatic rings. The molecule has 0 amide bonds. The summed E-state index contributed by atoms with van der Waals surface area (Å²) in [6.07, 6.45) is 2.94. The van der Waals surface area contributed by atoms with Crippen LogP contribution in [0.5, 0.6) is 0 Å². The van der Waals surface area contributed by atoms with Crippen LogP contribution in [0, 0.1) is 0 Å². The molecule has 0 saturated carbocycles. The SMILES string of the molecule is CC(=O)/C=C/O[Si](C)(C)C. The molecular formula is C7H14O2Si. The Labute approximate surface area is 63.0 Å². The van der Waals surface area contributed by atoms with E-state index in [1.54, 1.807) is 0 Å². The Morgan fingerprint density at radius 3 is 2.20 bits per heavy atom. The summed E-state index contributed by atoms with van der Waals surface area (Å²) in [5.41, 5.74) is 0. The van der Waals surface area contributed by atoms with Gasteiger partial charge in [-0.15, -0.1) is 0 Å². The summed E-state index contributed by atoms with van der Waals surface area (Å²) < 4.78 is 5.28. The molecule has 0 unspecified atom stereocenters. The third kappa shape index (κ3) is 7.43. The molecule has 0 aliphatic heterocycles. The molecule has 3 heteroatoms. The Kier molecular flexibility index (Phi) is 3.36. The van der Waals surface area contributed by atoms with Crippen LogP contribution in [0.2, 0.25) is 19.6 Å². The van der Waals surface area contributed by atoms with Crippen molar-refractivity contribution in [2.24, 2.45) is 0 Å². The standard InChI is InChI=1S/C7H14O2Si/c1-7(8)5-6-9-10(2,3)4/h5-6H,1-4H3/b6-5+. The minimum atomic E-state index is -1.46. The minimum Gasteiger partial charge on any atom is -0.550 e. The molecule has 0 bridgehead atoms. The zero-order chi connectivity index (χ0) is 8.20. The van der Waals surface area contributed by atoms with Crippen molar-refractivity contribution in [1.82, 2.24) is 0 Å². The van der Waals surface area contributed by atoms with Gasteiger partial charge < -0.3 is 4.43 Å². The maximum absolute atomic E-state index is 10.4. The van der Waals surface area contributed by atoms with Crippen molar-refractivity contribution in [3.8, 4) is 0 Å². The zero-order valence-electron chi connectivity index (χ0n) is 6.97. The lowest BCUT2D eigenvalue weighted by Crippen LogP contribution is -2.22. The van der Waals surface area contributed by atoms with Gasteiger partial charge in [-0.2, -0.15) is 0 Å². The number of rotatable bonds is 3. The van der Waals surface area contributed by atoms with E-state index >= 15 is 0 Å². The molecule has 0 aromatic heterocycles. The molecule has 0 aromatic carbocycles. The number of carbonyl (C=O) groups is 1. The summed E-state index contributed by atoms with van der Waals surface area (Å²) >= 11 is 0. The van der Waals surface area contributed by atoms with Crippen LogP contribution < -0.4 is 0 Å². The van der Waals surface area contributed by atoms with E-state index in [1.807, 2.05) is 0 Å². The van der Waals surface area contributed by atoms with Crippen LogP contribution in [-0.4, -0.2) is 14.1 Å². The van der Waals surface area contributed by atoms with E-state index in [1.165, 1.54) is 19.3 Å². The molecule has 0 heterocycles. The van der Waals surface area contributed by atoms with Crippen molar-refractivity contribution in [1.29, 1.82) is 0 Å². The van der Waals surface area contributed by atoms with Crippen molar-refractivity contribution >= 4 is 14.1 Å². The lowest BCUT2D eigenvalue weighted by Gasteiger charge is -2.14. The Hall–Kier alpha value is -0.573. The van der Waals surface area contributed by atoms with E-state index in [4.69, 9.17) is 4.43 Å². The summed E-state index contributed by atoms with van der Waals surface area (Å²) in [7, 11) is -1.46. The maximum Gasteiger partial charge on any atom is 0.241 e. The van der Waals surface area contributed by atoms with Gasteiger partial charge in [0.2, 0.25) is 8.32 Å². The molecule has 0 N–H and O–H groups in total. The minimum absolute atomic E-state index is 0.0262. The van der Waals surface area contributed by atoms with Crippen LogP contribution >= 0.6 is 0 Å². The Morgan fingerprint density at radius 1 is 1.40 bits per heavy atom. The van der Waals surface area contributed by atoms with Gasteiger partial charge in [-0.25, -0.2) is 0 Å². The molecule has 0 aliphatic rings. The lowest BCUT2D eigenvalue weighted by molar-refractivity contribution is -0.112. The van der Waals surface area contributed by atoms with Gasteiger partial charge in [0.05, 0.1) is 6.26 Å². The smallest absolute Gasteiger partial charge is 0.241 e. The first-order valence-corrected chi connectivity index (χ1v) is 6.67. The molecule has 0 saturated heterocycles. The first-order chi connectivity index (χ1) is 4.42. The quantitative estimate of drug-likeness (QED) is 0.356. The molecular weight excluding hydrogens is 144 g/mol. The van der Waals surface area contributed by atoms with Gasteiger partial charge in [0.15, 0.2) is 5.78 Å². The van der Waals surface area contributed by atoms with Gasteiger partial charge in [-0.1, -0.05) is 0 Å². The molecule has 0 aliphatic carbocycles. The van der Waals surface area contributed by atoms with Crippen molar-refractivity contribution in [3.05, 3.63) is 12.3 Å². The van der Waals surface area contributed by atoms with E-state index in [-0.39, 0.29) is 5.78 Å². The van der Waals surface area contributed by atoms with Crippen LogP contribution in [0.3, 0.4) is 0 Å². The molecule has 0 radical (unpaired) electrons. The van der Waals surface area contributed by atoms with Crippen molar-refractivity contribution < 1.29 is 9.22 Å². The van der Waals surface area contributed by atoms with Gasteiger partial charge >= 0.3 is 0 Å². The van der Waals surface area contributed by atoms with Gasteiger partial charge in [-0.3, -0.25) is 4.79 Å². The van der Waals surface area contributed by atoms with Crippen LogP contribution in [-0.2, 0) is 9.22 Å². The fraction of sp³-hybridized carbons (Fsp3) is 0.571. The van der Waals surface area contributed by atoms with E-state index in [0.717, 1.165) is 0 Å². The van der Waals surface area contributed by atoms with Crippen LogP contribution in [0.15, 0.2) is 12.3 Å². The largest absolute Gasteiger partial charge is 0.550 e. The zero-order valence-corrected chi connectivity index (χ0v) is 7.97. The first-order valence-electron chi connectivity index (χ1n) is 3.27. The summed E-state index contributed by atoms with van der Waals surface area (Å²) in [4.78, 5) is 10.4. The van der Waals surface area contributed by atoms with Gasteiger partial charge in [-0.05, 0) is 26.6 Å². The molecule has 58 valence electrons. The van der Waals surface area contributed by atoms with Crippen molar-refractivity contribution in [3.63, 3.8) is 0 Å². The first kappa shape index (κ1) is 9.43. The second-order valence-electron chi connectivity index (χ2n) is 3.14. The molecule has 0 rings (SSSR count). The molecule has 10 heavy (non-hydrogen) atoms. The normalized spacial score (nSPS) is 12.0. The van der Waals surface area contributed by atoms with Gasteiger partial charge in [0.1, 0.15) is 0 Å². The highest BCUT2D eigenvalue weighted by Crippen LogP contribution is 2.02. The highest BCUT2D eigenvalue weighted by molar-refractivity contribution is 6.69.